The van der Waals surface area contributed by atoms with Crippen LogP contribution < -0.4 is 9.62 Å². The van der Waals surface area contributed by atoms with E-state index in [1.165, 1.54) is 6.07 Å². The molecule has 2 saturated heterocycles. The van der Waals surface area contributed by atoms with Crippen LogP contribution >= 0.6 is 0 Å². The van der Waals surface area contributed by atoms with Gasteiger partial charge in [-0.05, 0) is 57.4 Å². The van der Waals surface area contributed by atoms with Crippen molar-refractivity contribution in [3.63, 3.8) is 0 Å². The van der Waals surface area contributed by atoms with E-state index in [0.29, 0.717) is 50.4 Å². The molecule has 39 heavy (non-hydrogen) atoms. The number of ether oxygens (including phenoxy) is 1. The smallest absolute Gasteiger partial charge is 0.340 e. The maximum absolute atomic E-state index is 12.8. The van der Waals surface area contributed by atoms with Gasteiger partial charge in [0, 0.05) is 32.0 Å². The predicted molar refractivity (Wildman–Crippen MR) is 143 cm³/mol. The zero-order valence-electron chi connectivity index (χ0n) is 22.5. The second-order valence-corrected chi connectivity index (χ2v) is 12.4. The average molecular weight is 560 g/mol. The Kier molecular flexibility index (Phi) is 9.43. The number of hydrogen-bond donors (Lipinski definition) is 1. The molecule has 1 N–H and O–H groups in total. The van der Waals surface area contributed by atoms with Gasteiger partial charge in [0.1, 0.15) is 11.9 Å². The van der Waals surface area contributed by atoms with Crippen LogP contribution in [0.1, 0.15) is 86.3 Å². The minimum atomic E-state index is -3.68. The minimum absolute atomic E-state index is 0.00141. The molecule has 1 aromatic heterocycles. The van der Waals surface area contributed by atoms with Crippen molar-refractivity contribution in [2.45, 2.75) is 71.3 Å². The number of aromatic nitrogens is 1. The topological polar surface area (TPSA) is 150 Å². The van der Waals surface area contributed by atoms with Gasteiger partial charge in [0.05, 0.1) is 35.7 Å². The van der Waals surface area contributed by atoms with Crippen LogP contribution in [0.4, 0.5) is 5.82 Å². The van der Waals surface area contributed by atoms with Crippen LogP contribution in [0.15, 0.2) is 6.07 Å². The molecule has 1 aliphatic carbocycles. The number of nitriles is 1. The van der Waals surface area contributed by atoms with Crippen LogP contribution in [-0.2, 0) is 30.9 Å². The molecule has 11 nitrogen and oxygen atoms in total. The van der Waals surface area contributed by atoms with E-state index >= 15 is 0 Å². The predicted octanol–water partition coefficient (Wildman–Crippen LogP) is 2.50. The summed E-state index contributed by atoms with van der Waals surface area (Å²) in [6, 6.07) is 3.59. The highest BCUT2D eigenvalue weighted by Gasteiger charge is 2.32. The summed E-state index contributed by atoms with van der Waals surface area (Å²) in [5.74, 6) is -1.06. The summed E-state index contributed by atoms with van der Waals surface area (Å²) >= 11 is 0. The number of anilines is 1. The van der Waals surface area contributed by atoms with Gasteiger partial charge in [0.15, 0.2) is 0 Å². The van der Waals surface area contributed by atoms with Gasteiger partial charge in [-0.25, -0.2) is 18.2 Å². The lowest BCUT2D eigenvalue weighted by Gasteiger charge is -2.33. The Hall–Kier alpha value is -3.20. The van der Waals surface area contributed by atoms with Gasteiger partial charge >= 0.3 is 5.97 Å². The Morgan fingerprint density at radius 3 is 2.49 bits per heavy atom. The zero-order valence-corrected chi connectivity index (χ0v) is 23.3. The van der Waals surface area contributed by atoms with Crippen molar-refractivity contribution in [1.29, 1.82) is 5.26 Å². The molecular formula is C27H37N5O6S. The number of nitrogens with one attached hydrogen (secondary N) is 1. The highest BCUT2D eigenvalue weighted by molar-refractivity contribution is 7.90. The van der Waals surface area contributed by atoms with Crippen LogP contribution in [0, 0.1) is 23.2 Å². The summed E-state index contributed by atoms with van der Waals surface area (Å²) in [4.78, 5) is 46.2. The summed E-state index contributed by atoms with van der Waals surface area (Å²) in [7, 11) is -3.68. The summed E-state index contributed by atoms with van der Waals surface area (Å²) in [6.07, 6.45) is 6.77. The average Bonchev–Trinajstić information content (AvgIpc) is 3.42. The van der Waals surface area contributed by atoms with E-state index in [1.807, 2.05) is 4.90 Å². The first-order chi connectivity index (χ1) is 18.7. The van der Waals surface area contributed by atoms with Crippen LogP contribution in [0.25, 0.3) is 0 Å². The van der Waals surface area contributed by atoms with E-state index in [0.717, 1.165) is 38.5 Å². The van der Waals surface area contributed by atoms with Crippen LogP contribution in [0.2, 0.25) is 0 Å². The molecule has 0 unspecified atom stereocenters. The minimum Gasteiger partial charge on any atom is -0.462 e. The van der Waals surface area contributed by atoms with Crippen LogP contribution in [0.3, 0.4) is 0 Å². The van der Waals surface area contributed by atoms with Crippen molar-refractivity contribution in [2.24, 2.45) is 11.8 Å². The van der Waals surface area contributed by atoms with E-state index in [4.69, 9.17) is 9.72 Å². The normalized spacial score (nSPS) is 19.1. The number of carbonyl (C=O) groups excluding carboxylic acids is 3. The van der Waals surface area contributed by atoms with Gasteiger partial charge in [-0.3, -0.25) is 14.3 Å². The van der Waals surface area contributed by atoms with Crippen molar-refractivity contribution in [1.82, 2.24) is 14.6 Å². The molecule has 0 radical (unpaired) electrons. The van der Waals surface area contributed by atoms with E-state index in [2.05, 4.69) is 10.8 Å². The number of rotatable bonds is 9. The van der Waals surface area contributed by atoms with Gasteiger partial charge in [-0.1, -0.05) is 12.8 Å². The number of esters is 1. The first-order valence-electron chi connectivity index (χ1n) is 13.9. The summed E-state index contributed by atoms with van der Waals surface area (Å²) < 4.78 is 32.5. The quantitative estimate of drug-likeness (QED) is 0.450. The number of piperidine rings is 2. The van der Waals surface area contributed by atoms with E-state index in [9.17, 15) is 28.1 Å². The molecule has 0 bridgehead atoms. The molecule has 0 atom stereocenters. The third-order valence-corrected chi connectivity index (χ3v) is 9.23. The zero-order chi connectivity index (χ0) is 28.0. The molecule has 2 amide bonds. The number of nitrogens with zero attached hydrogens (tertiary/aromatic N) is 4. The second-order valence-electron chi connectivity index (χ2n) is 10.6. The van der Waals surface area contributed by atoms with Gasteiger partial charge in [0.25, 0.3) is 0 Å². The summed E-state index contributed by atoms with van der Waals surface area (Å²) in [5, 5.41) is 9.86. The molecule has 0 spiro atoms. The Labute approximate surface area is 229 Å². The van der Waals surface area contributed by atoms with Gasteiger partial charge < -0.3 is 14.5 Å². The fourth-order valence-corrected chi connectivity index (χ4v) is 7.21. The van der Waals surface area contributed by atoms with Crippen molar-refractivity contribution in [2.75, 3.05) is 36.9 Å². The molecule has 3 fully saturated rings. The lowest BCUT2D eigenvalue weighted by molar-refractivity contribution is -0.134. The van der Waals surface area contributed by atoms with Crippen molar-refractivity contribution in [3.05, 3.63) is 22.9 Å². The van der Waals surface area contributed by atoms with Crippen molar-refractivity contribution >= 4 is 33.6 Å². The molecular weight excluding hydrogens is 522 g/mol. The van der Waals surface area contributed by atoms with Gasteiger partial charge in [-0.15, -0.1) is 0 Å². The first kappa shape index (κ1) is 28.8. The van der Waals surface area contributed by atoms with Gasteiger partial charge in [-0.2, -0.15) is 5.26 Å². The monoisotopic (exact) mass is 559 g/mol. The number of hydrogen-bond acceptors (Lipinski definition) is 9. The van der Waals surface area contributed by atoms with Crippen LogP contribution in [-0.4, -0.2) is 68.1 Å². The second kappa shape index (κ2) is 12.8. The lowest BCUT2D eigenvalue weighted by Crippen LogP contribution is -2.44. The maximum atomic E-state index is 12.8. The molecule has 212 valence electrons. The number of amides is 2. The fourth-order valence-electron chi connectivity index (χ4n) is 5.70. The standard InChI is InChI=1S/C27H37N5O6S/c1-2-38-27(35)22-15-21(16-28)25(29-23(22)17-32-12-6-5-9-24(32)33)31-13-10-20(11-14-31)26(34)30-39(36,37)18-19-7-3-4-8-19/h15,19-20H,2-14,17-18H2,1H3,(H,30,34). The first-order valence-corrected chi connectivity index (χ1v) is 15.5. The largest absolute Gasteiger partial charge is 0.462 e. The fraction of sp³-hybridized carbons (Fsp3) is 0.667. The molecule has 0 aromatic carbocycles. The molecule has 12 heteroatoms. The maximum Gasteiger partial charge on any atom is 0.340 e. The molecule has 3 aliphatic rings. The molecule has 2 aliphatic heterocycles. The summed E-state index contributed by atoms with van der Waals surface area (Å²) in [5.41, 5.74) is 0.738. The number of likely N-dealkylation sites (tertiary alicyclic amines) is 1. The van der Waals surface area contributed by atoms with E-state index in [-0.39, 0.29) is 41.9 Å². The molecule has 1 saturated carbocycles. The van der Waals surface area contributed by atoms with Crippen LogP contribution in [0.5, 0.6) is 0 Å². The Bertz CT molecular complexity index is 1230. The van der Waals surface area contributed by atoms with E-state index in [1.54, 1.807) is 11.8 Å². The highest BCUT2D eigenvalue weighted by Crippen LogP contribution is 2.29. The van der Waals surface area contributed by atoms with E-state index < -0.39 is 27.8 Å². The third kappa shape index (κ3) is 7.26. The molecule has 4 rings (SSSR count). The Morgan fingerprint density at radius 2 is 1.85 bits per heavy atom. The number of sulfonamides is 1. The Balaban J connectivity index is 1.48. The SMILES string of the molecule is CCOC(=O)c1cc(C#N)c(N2CCC(C(=O)NS(=O)(=O)CC3CCCC3)CC2)nc1CN1CCCCC1=O. The number of carbonyl (C=O) groups is 3. The Morgan fingerprint density at radius 1 is 1.13 bits per heavy atom. The molecule has 3 heterocycles. The number of pyridine rings is 1. The highest BCUT2D eigenvalue weighted by atomic mass is 32.2. The van der Waals surface area contributed by atoms with Gasteiger partial charge in [0.2, 0.25) is 21.8 Å². The van der Waals surface area contributed by atoms with Crippen molar-refractivity contribution < 1.29 is 27.5 Å². The third-order valence-electron chi connectivity index (χ3n) is 7.81. The molecule has 1 aromatic rings. The summed E-state index contributed by atoms with van der Waals surface area (Å²) in [6.45, 7) is 3.35. The van der Waals surface area contributed by atoms with Crippen molar-refractivity contribution in [3.8, 4) is 6.07 Å². The lowest BCUT2D eigenvalue weighted by atomic mass is 9.96.